The van der Waals surface area contributed by atoms with Gasteiger partial charge < -0.3 is 14.5 Å². The number of pyridine rings is 1. The van der Waals surface area contributed by atoms with E-state index in [1.54, 1.807) is 17.5 Å². The van der Waals surface area contributed by atoms with Crippen LogP contribution in [0.1, 0.15) is 17.9 Å². The molecule has 0 fully saturated rings. The van der Waals surface area contributed by atoms with Gasteiger partial charge in [-0.2, -0.15) is 11.3 Å². The van der Waals surface area contributed by atoms with Crippen LogP contribution in [0, 0.1) is 6.92 Å². The van der Waals surface area contributed by atoms with Crippen molar-refractivity contribution in [3.05, 3.63) is 40.5 Å². The predicted octanol–water partition coefficient (Wildman–Crippen LogP) is 3.08. The molecule has 0 bridgehead atoms. The predicted molar refractivity (Wildman–Crippen MR) is 90.1 cm³/mol. The van der Waals surface area contributed by atoms with E-state index in [0.29, 0.717) is 29.8 Å². The average molecular weight is 344 g/mol. The second-order valence-corrected chi connectivity index (χ2v) is 5.91. The number of ether oxygens (including phenoxy) is 1. The van der Waals surface area contributed by atoms with Gasteiger partial charge in [0.15, 0.2) is 0 Å². The number of nitrogens with one attached hydrogen (secondary N) is 1. The van der Waals surface area contributed by atoms with Crippen molar-refractivity contribution in [2.24, 2.45) is 0 Å². The molecule has 0 atom stereocenters. The third kappa shape index (κ3) is 3.77. The lowest BCUT2D eigenvalue weighted by atomic mass is 10.2. The Morgan fingerprint density at radius 3 is 3.04 bits per heavy atom. The molecule has 0 saturated carbocycles. The number of rotatable bonds is 6. The summed E-state index contributed by atoms with van der Waals surface area (Å²) < 4.78 is 10.7. The summed E-state index contributed by atoms with van der Waals surface area (Å²) in [7, 11) is 1.51. The van der Waals surface area contributed by atoms with Crippen LogP contribution in [-0.2, 0) is 11.2 Å². The molecule has 8 heteroatoms. The van der Waals surface area contributed by atoms with Crippen molar-refractivity contribution in [2.45, 2.75) is 19.8 Å². The van der Waals surface area contributed by atoms with E-state index in [1.165, 1.54) is 7.11 Å². The van der Waals surface area contributed by atoms with Gasteiger partial charge in [-0.05, 0) is 30.0 Å². The van der Waals surface area contributed by atoms with Crippen molar-refractivity contribution in [2.75, 3.05) is 12.4 Å². The Bertz CT molecular complexity index is 830. The molecule has 7 nitrogen and oxygen atoms in total. The molecule has 1 amide bonds. The van der Waals surface area contributed by atoms with Gasteiger partial charge in [-0.15, -0.1) is 10.2 Å². The number of carbonyl (C=O) groups is 1. The zero-order valence-electron chi connectivity index (χ0n) is 13.3. The van der Waals surface area contributed by atoms with Crippen molar-refractivity contribution in [1.82, 2.24) is 15.2 Å². The van der Waals surface area contributed by atoms with E-state index in [-0.39, 0.29) is 12.3 Å². The number of amides is 1. The smallest absolute Gasteiger partial charge is 0.248 e. The molecule has 0 unspecified atom stereocenters. The van der Waals surface area contributed by atoms with Crippen LogP contribution >= 0.6 is 11.3 Å². The summed E-state index contributed by atoms with van der Waals surface area (Å²) in [6.07, 6.45) is 2.27. The highest BCUT2D eigenvalue weighted by Crippen LogP contribution is 2.23. The minimum Gasteiger partial charge on any atom is -0.480 e. The molecule has 124 valence electrons. The van der Waals surface area contributed by atoms with Gasteiger partial charge in [0.2, 0.25) is 23.6 Å². The molecule has 0 aliphatic rings. The van der Waals surface area contributed by atoms with Crippen molar-refractivity contribution in [3.63, 3.8) is 0 Å². The SMILES string of the molecule is COc1ncc(C)cc1NC(=O)CCc1nnc(-c2ccsc2)o1. The van der Waals surface area contributed by atoms with Crippen molar-refractivity contribution in [1.29, 1.82) is 0 Å². The van der Waals surface area contributed by atoms with Gasteiger partial charge in [-0.3, -0.25) is 4.79 Å². The monoisotopic (exact) mass is 344 g/mol. The number of hydrogen-bond acceptors (Lipinski definition) is 7. The fraction of sp³-hybridized carbons (Fsp3) is 0.250. The summed E-state index contributed by atoms with van der Waals surface area (Å²) in [4.78, 5) is 16.2. The minimum atomic E-state index is -0.170. The summed E-state index contributed by atoms with van der Waals surface area (Å²) in [5, 5.41) is 14.6. The number of nitrogens with zero attached hydrogens (tertiary/aromatic N) is 3. The largest absolute Gasteiger partial charge is 0.480 e. The highest BCUT2D eigenvalue weighted by molar-refractivity contribution is 7.08. The summed E-state index contributed by atoms with van der Waals surface area (Å²) in [5.41, 5.74) is 2.37. The number of aryl methyl sites for hydroxylation is 2. The maximum absolute atomic E-state index is 12.1. The molecule has 0 aromatic carbocycles. The van der Waals surface area contributed by atoms with Crippen LogP contribution in [0.2, 0.25) is 0 Å². The standard InChI is InChI=1S/C16H16N4O3S/c1-10-7-12(16(22-2)17-8-10)18-13(21)3-4-14-19-20-15(23-14)11-5-6-24-9-11/h5-9H,3-4H2,1-2H3,(H,18,21). The van der Waals surface area contributed by atoms with E-state index >= 15 is 0 Å². The molecule has 3 heterocycles. The fourth-order valence-electron chi connectivity index (χ4n) is 2.10. The van der Waals surface area contributed by atoms with E-state index < -0.39 is 0 Å². The summed E-state index contributed by atoms with van der Waals surface area (Å²) in [5.74, 6) is 1.11. The van der Waals surface area contributed by atoms with Crippen LogP contribution in [0.15, 0.2) is 33.5 Å². The molecule has 0 aliphatic carbocycles. The first-order chi connectivity index (χ1) is 11.7. The van der Waals surface area contributed by atoms with Gasteiger partial charge in [-0.25, -0.2) is 4.98 Å². The van der Waals surface area contributed by atoms with Crippen LogP contribution < -0.4 is 10.1 Å². The third-order valence-electron chi connectivity index (χ3n) is 3.26. The van der Waals surface area contributed by atoms with Crippen LogP contribution in [0.3, 0.4) is 0 Å². The zero-order chi connectivity index (χ0) is 16.9. The van der Waals surface area contributed by atoms with E-state index in [9.17, 15) is 4.79 Å². The normalized spacial score (nSPS) is 10.6. The number of thiophene rings is 1. The first kappa shape index (κ1) is 16.1. The number of hydrogen-bond donors (Lipinski definition) is 1. The van der Waals surface area contributed by atoms with Crippen LogP contribution in [0.5, 0.6) is 5.88 Å². The van der Waals surface area contributed by atoms with E-state index in [0.717, 1.165) is 11.1 Å². The van der Waals surface area contributed by atoms with Gasteiger partial charge >= 0.3 is 0 Å². The quantitative estimate of drug-likeness (QED) is 0.739. The molecule has 24 heavy (non-hydrogen) atoms. The van der Waals surface area contributed by atoms with Gasteiger partial charge in [0.05, 0.1) is 7.11 Å². The van der Waals surface area contributed by atoms with Crippen molar-refractivity contribution >= 4 is 22.9 Å². The second-order valence-electron chi connectivity index (χ2n) is 5.13. The molecular formula is C16H16N4O3S. The van der Waals surface area contributed by atoms with Gasteiger partial charge in [0.25, 0.3) is 0 Å². The van der Waals surface area contributed by atoms with Crippen LogP contribution in [0.4, 0.5) is 5.69 Å². The molecule has 3 aromatic rings. The zero-order valence-corrected chi connectivity index (χ0v) is 14.1. The highest BCUT2D eigenvalue weighted by Gasteiger charge is 2.13. The Morgan fingerprint density at radius 1 is 1.42 bits per heavy atom. The fourth-order valence-corrected chi connectivity index (χ4v) is 2.73. The average Bonchev–Trinajstić information content (AvgIpc) is 3.24. The topological polar surface area (TPSA) is 90.1 Å². The van der Waals surface area contributed by atoms with Crippen molar-refractivity contribution in [3.8, 4) is 17.3 Å². The lowest BCUT2D eigenvalue weighted by Gasteiger charge is -2.09. The van der Waals surface area contributed by atoms with Gasteiger partial charge in [0.1, 0.15) is 5.69 Å². The molecule has 0 spiro atoms. The summed E-state index contributed by atoms with van der Waals surface area (Å²) in [6, 6.07) is 3.72. The summed E-state index contributed by atoms with van der Waals surface area (Å²) in [6.45, 7) is 1.90. The van der Waals surface area contributed by atoms with Gasteiger partial charge in [0, 0.05) is 30.0 Å². The van der Waals surface area contributed by atoms with Crippen LogP contribution in [0.25, 0.3) is 11.5 Å². The Morgan fingerprint density at radius 2 is 2.29 bits per heavy atom. The molecule has 3 aromatic heterocycles. The van der Waals surface area contributed by atoms with Gasteiger partial charge in [-0.1, -0.05) is 0 Å². The number of anilines is 1. The van der Waals surface area contributed by atoms with Crippen molar-refractivity contribution < 1.29 is 13.9 Å². The van der Waals surface area contributed by atoms with E-state index in [2.05, 4.69) is 20.5 Å². The Hall–Kier alpha value is -2.74. The molecule has 0 radical (unpaired) electrons. The summed E-state index contributed by atoms with van der Waals surface area (Å²) >= 11 is 1.56. The maximum atomic E-state index is 12.1. The lowest BCUT2D eigenvalue weighted by Crippen LogP contribution is -2.13. The lowest BCUT2D eigenvalue weighted by molar-refractivity contribution is -0.116. The van der Waals surface area contributed by atoms with Crippen LogP contribution in [-0.4, -0.2) is 28.2 Å². The molecular weight excluding hydrogens is 328 g/mol. The Balaban J connectivity index is 1.59. The first-order valence-corrected chi connectivity index (χ1v) is 8.25. The molecule has 0 aliphatic heterocycles. The Labute approximate surface area is 142 Å². The minimum absolute atomic E-state index is 0.170. The molecule has 3 rings (SSSR count). The van der Waals surface area contributed by atoms with E-state index in [4.69, 9.17) is 9.15 Å². The third-order valence-corrected chi connectivity index (χ3v) is 3.94. The van der Waals surface area contributed by atoms with E-state index in [1.807, 2.05) is 29.8 Å². The Kier molecular flexibility index (Phi) is 4.85. The number of aromatic nitrogens is 3. The highest BCUT2D eigenvalue weighted by atomic mass is 32.1. The molecule has 0 saturated heterocycles. The molecule has 1 N–H and O–H groups in total. The first-order valence-electron chi connectivity index (χ1n) is 7.31. The number of methoxy groups -OCH3 is 1. The maximum Gasteiger partial charge on any atom is 0.248 e. The second kappa shape index (κ2) is 7.22. The number of carbonyl (C=O) groups excluding carboxylic acids is 1.